The third-order valence-corrected chi connectivity index (χ3v) is 2.45. The summed E-state index contributed by atoms with van der Waals surface area (Å²) in [6.45, 7) is 2.08. The van der Waals surface area contributed by atoms with Crippen molar-refractivity contribution in [1.29, 1.82) is 0 Å². The van der Waals surface area contributed by atoms with Crippen molar-refractivity contribution in [3.05, 3.63) is 30.1 Å². The van der Waals surface area contributed by atoms with Crippen molar-refractivity contribution in [2.45, 2.75) is 19.3 Å². The number of benzene rings is 1. The fourth-order valence-corrected chi connectivity index (χ4v) is 1.74. The summed E-state index contributed by atoms with van der Waals surface area (Å²) >= 11 is 0. The molecule has 1 aromatic carbocycles. The van der Waals surface area contributed by atoms with E-state index in [4.69, 9.17) is 0 Å². The molecule has 1 saturated heterocycles. The first-order chi connectivity index (χ1) is 6.36. The van der Waals surface area contributed by atoms with E-state index in [0.717, 1.165) is 18.8 Å². The molecular weight excluding hydrogens is 269 g/mol. The van der Waals surface area contributed by atoms with E-state index in [-0.39, 0.29) is 45.9 Å². The second kappa shape index (κ2) is 7.47. The minimum absolute atomic E-state index is 0. The summed E-state index contributed by atoms with van der Waals surface area (Å²) in [5.74, 6) is -0.167. The smallest absolute Gasteiger partial charge is 1.00 e. The van der Waals surface area contributed by atoms with Gasteiger partial charge in [0, 0.05) is 18.9 Å². The number of anilines is 1. The van der Waals surface area contributed by atoms with Crippen LogP contribution in [0.2, 0.25) is 0 Å². The number of halogens is 2. The van der Waals surface area contributed by atoms with Gasteiger partial charge in [0.05, 0.1) is 0 Å². The number of piperidine rings is 1. The van der Waals surface area contributed by atoms with Crippen molar-refractivity contribution in [1.82, 2.24) is 0 Å². The molecule has 1 heterocycles. The van der Waals surface area contributed by atoms with Gasteiger partial charge in [-0.2, -0.15) is 12.1 Å². The van der Waals surface area contributed by atoms with Crippen molar-refractivity contribution in [2.75, 3.05) is 18.0 Å². The Bertz CT molecular complexity index is 290. The topological polar surface area (TPSA) is 3.24 Å². The molecule has 0 unspecified atom stereocenters. The molecule has 0 bridgehead atoms. The molecule has 0 radical (unpaired) electrons. The van der Waals surface area contributed by atoms with Gasteiger partial charge in [0.15, 0.2) is 0 Å². The normalized spacial score (nSPS) is 15.1. The van der Waals surface area contributed by atoms with Gasteiger partial charge in [-0.1, -0.05) is 5.69 Å². The van der Waals surface area contributed by atoms with E-state index in [9.17, 15) is 4.39 Å². The van der Waals surface area contributed by atoms with Crippen LogP contribution in [0.25, 0.3) is 0 Å². The van der Waals surface area contributed by atoms with Crippen LogP contribution in [0.3, 0.4) is 0 Å². The first kappa shape index (κ1) is 15.2. The Morgan fingerprint density at radius 1 is 1.20 bits per heavy atom. The summed E-state index contributed by atoms with van der Waals surface area (Å²) in [6.07, 6.45) is 3.72. The van der Waals surface area contributed by atoms with Crippen molar-refractivity contribution in [3.8, 4) is 0 Å². The quantitative estimate of drug-likeness (QED) is 0.483. The molecule has 1 nitrogen and oxygen atoms in total. The zero-order valence-corrected chi connectivity index (χ0v) is 11.7. The second-order valence-corrected chi connectivity index (χ2v) is 3.44. The van der Waals surface area contributed by atoms with Gasteiger partial charge in [-0.05, 0) is 19.3 Å². The van der Waals surface area contributed by atoms with E-state index in [2.05, 4.69) is 11.0 Å². The molecule has 2 rings (SSSR count). The van der Waals surface area contributed by atoms with Gasteiger partial charge in [0.1, 0.15) is 0 Å². The molecule has 4 heteroatoms. The Balaban J connectivity index is 0.000000980. The average molecular weight is 282 g/mol. The summed E-state index contributed by atoms with van der Waals surface area (Å²) in [4.78, 5) is 2.20. The third-order valence-electron chi connectivity index (χ3n) is 2.45. The summed E-state index contributed by atoms with van der Waals surface area (Å²) in [7, 11) is 0. The van der Waals surface area contributed by atoms with E-state index in [1.165, 1.54) is 25.3 Å². The average Bonchev–Trinajstić information content (AvgIpc) is 2.19. The molecule has 0 aromatic heterocycles. The second-order valence-electron chi connectivity index (χ2n) is 3.44. The van der Waals surface area contributed by atoms with E-state index in [1.807, 2.05) is 0 Å². The fraction of sp³-hybridized carbons (Fsp3) is 0.455. The molecule has 1 aliphatic heterocycles. The summed E-state index contributed by atoms with van der Waals surface area (Å²) in [6, 6.07) is 7.72. The Morgan fingerprint density at radius 3 is 2.47 bits per heavy atom. The van der Waals surface area contributed by atoms with Crippen molar-refractivity contribution in [3.63, 3.8) is 0 Å². The van der Waals surface area contributed by atoms with E-state index < -0.39 is 0 Å². The van der Waals surface area contributed by atoms with Crippen LogP contribution < -0.4 is 21.9 Å². The van der Waals surface area contributed by atoms with Gasteiger partial charge >= 0.3 is 23.1 Å². The fourth-order valence-electron chi connectivity index (χ4n) is 1.74. The maximum atomic E-state index is 12.9. The van der Waals surface area contributed by atoms with Crippen LogP contribution in [-0.2, 0) is 0 Å². The van der Waals surface area contributed by atoms with Gasteiger partial charge in [-0.3, -0.25) is 0 Å². The first-order valence-corrected chi connectivity index (χ1v) is 4.78. The van der Waals surface area contributed by atoms with Gasteiger partial charge in [0.2, 0.25) is 0 Å². The van der Waals surface area contributed by atoms with Crippen LogP contribution in [0, 0.1) is 11.9 Å². The molecule has 0 atom stereocenters. The largest absolute Gasteiger partial charge is 2.00 e. The molecule has 1 aliphatic rings. The molecule has 0 spiro atoms. The Kier molecular flexibility index (Phi) is 7.56. The van der Waals surface area contributed by atoms with Crippen molar-refractivity contribution < 1.29 is 21.4 Å². The number of hydrogen-bond acceptors (Lipinski definition) is 1. The number of hydrogen-bond donors (Lipinski definition) is 0. The Hall–Kier alpha value is 0.196. The SMILES string of the molecule is Fc1cc[c-]c(N2CCCCC2)c1.[Br-].[Mg+2]. The molecule has 15 heavy (non-hydrogen) atoms. The molecule has 0 saturated carbocycles. The first-order valence-electron chi connectivity index (χ1n) is 4.78. The molecular formula is C11H13BrFMgN. The summed E-state index contributed by atoms with van der Waals surface area (Å²) < 4.78 is 12.9. The number of rotatable bonds is 1. The summed E-state index contributed by atoms with van der Waals surface area (Å²) in [5.41, 5.74) is 0.903. The van der Waals surface area contributed by atoms with E-state index >= 15 is 0 Å². The molecule has 78 valence electrons. The predicted molar refractivity (Wildman–Crippen MR) is 57.1 cm³/mol. The summed E-state index contributed by atoms with van der Waals surface area (Å²) in [5, 5.41) is 0. The molecule has 0 aliphatic carbocycles. The number of nitrogens with zero attached hydrogens (tertiary/aromatic N) is 1. The van der Waals surface area contributed by atoms with Crippen molar-refractivity contribution in [2.24, 2.45) is 0 Å². The van der Waals surface area contributed by atoms with E-state index in [1.54, 1.807) is 12.1 Å². The van der Waals surface area contributed by atoms with Crippen LogP contribution >= 0.6 is 0 Å². The predicted octanol–water partition coefficient (Wildman–Crippen LogP) is -0.761. The van der Waals surface area contributed by atoms with E-state index in [0.29, 0.717) is 0 Å². The van der Waals surface area contributed by atoms with Crippen LogP contribution in [-0.4, -0.2) is 36.1 Å². The van der Waals surface area contributed by atoms with Gasteiger partial charge < -0.3 is 21.9 Å². The van der Waals surface area contributed by atoms with Crippen LogP contribution in [0.4, 0.5) is 10.1 Å². The van der Waals surface area contributed by atoms with Gasteiger partial charge in [-0.25, -0.2) is 4.39 Å². The minimum atomic E-state index is -0.167. The van der Waals surface area contributed by atoms with Crippen LogP contribution in [0.5, 0.6) is 0 Å². The third kappa shape index (κ3) is 4.29. The standard InChI is InChI=1S/C11H13FN.BrH.Mg/c12-10-5-4-6-11(9-10)13-7-2-1-3-8-13;;/h4-5,9H,1-3,7-8H2;1H;/q-1;;+2/p-1. The monoisotopic (exact) mass is 281 g/mol. The van der Waals surface area contributed by atoms with Gasteiger partial charge in [0.25, 0.3) is 0 Å². The van der Waals surface area contributed by atoms with Crippen LogP contribution in [0.15, 0.2) is 18.2 Å². The molecule has 1 aromatic rings. The van der Waals surface area contributed by atoms with Gasteiger partial charge in [-0.15, -0.1) is 12.1 Å². The molecule has 0 amide bonds. The zero-order valence-electron chi connectivity index (χ0n) is 8.68. The molecule has 0 N–H and O–H groups in total. The van der Waals surface area contributed by atoms with Crippen LogP contribution in [0.1, 0.15) is 19.3 Å². The Labute approximate surface area is 117 Å². The minimum Gasteiger partial charge on any atom is -1.00 e. The molecule has 1 fully saturated rings. The Morgan fingerprint density at radius 2 is 1.87 bits per heavy atom. The van der Waals surface area contributed by atoms with Crippen molar-refractivity contribution >= 4 is 28.7 Å². The maximum Gasteiger partial charge on any atom is 2.00 e. The maximum absolute atomic E-state index is 12.9. The zero-order chi connectivity index (χ0) is 9.10.